The molecule has 3 N–H and O–H groups in total. The molecule has 1 aromatic heterocycles. The summed E-state index contributed by atoms with van der Waals surface area (Å²) in [6, 6.07) is 3.47. The highest BCUT2D eigenvalue weighted by Gasteiger charge is 2.10. The summed E-state index contributed by atoms with van der Waals surface area (Å²) in [5.74, 6) is 1.83. The Morgan fingerprint density at radius 2 is 2.00 bits per heavy atom. The fourth-order valence-electron chi connectivity index (χ4n) is 2.03. The Hall–Kier alpha value is -1.23. The van der Waals surface area contributed by atoms with Crippen LogP contribution in [0.4, 0.5) is 5.82 Å². The lowest BCUT2D eigenvalue weighted by atomic mass is 10.1. The summed E-state index contributed by atoms with van der Waals surface area (Å²) in [5.41, 5.74) is 7.23. The van der Waals surface area contributed by atoms with E-state index in [1.54, 1.807) is 6.07 Å². The minimum absolute atomic E-state index is 0.0601. The number of nitrogens with two attached hydrogens (primary N) is 1. The summed E-state index contributed by atoms with van der Waals surface area (Å²) >= 11 is 1.89. The third kappa shape index (κ3) is 6.85. The maximum absolute atomic E-state index is 12.1. The van der Waals surface area contributed by atoms with Gasteiger partial charge in [0, 0.05) is 17.8 Å². The molecule has 0 radical (unpaired) electrons. The van der Waals surface area contributed by atoms with Crippen LogP contribution in [0.3, 0.4) is 0 Å². The number of nitrogens with zero attached hydrogens (tertiary/aromatic N) is 1. The zero-order chi connectivity index (χ0) is 15.7. The SMILES string of the molecule is CSCCCCCCNC(=O)c1cc(N)nc(C(C)C)c1. The summed E-state index contributed by atoms with van der Waals surface area (Å²) in [5, 5.41) is 2.96. The predicted octanol–water partition coefficient (Wildman–Crippen LogP) is 3.44. The van der Waals surface area contributed by atoms with E-state index < -0.39 is 0 Å². The third-order valence-electron chi connectivity index (χ3n) is 3.28. The van der Waals surface area contributed by atoms with Crippen molar-refractivity contribution in [1.82, 2.24) is 10.3 Å². The van der Waals surface area contributed by atoms with E-state index in [4.69, 9.17) is 5.73 Å². The number of carbonyl (C=O) groups excluding carboxylic acids is 1. The van der Waals surface area contributed by atoms with Crippen molar-refractivity contribution in [3.05, 3.63) is 23.4 Å². The molecule has 0 aromatic carbocycles. The number of thioether (sulfide) groups is 1. The number of aromatic nitrogens is 1. The Labute approximate surface area is 132 Å². The number of pyridine rings is 1. The van der Waals surface area contributed by atoms with E-state index in [9.17, 15) is 4.79 Å². The molecule has 0 bridgehead atoms. The van der Waals surface area contributed by atoms with Crippen LogP contribution in [0.25, 0.3) is 0 Å². The van der Waals surface area contributed by atoms with Crippen LogP contribution in [-0.4, -0.2) is 29.4 Å². The molecule has 1 rings (SSSR count). The molecule has 21 heavy (non-hydrogen) atoms. The molecule has 0 atom stereocenters. The predicted molar refractivity (Wildman–Crippen MR) is 91.9 cm³/mol. The number of carbonyl (C=O) groups is 1. The van der Waals surface area contributed by atoms with Crippen molar-refractivity contribution in [3.63, 3.8) is 0 Å². The van der Waals surface area contributed by atoms with Gasteiger partial charge in [-0.05, 0) is 42.9 Å². The Balaban J connectivity index is 2.38. The topological polar surface area (TPSA) is 68.0 Å². The third-order valence-corrected chi connectivity index (χ3v) is 3.98. The van der Waals surface area contributed by atoms with Crippen LogP contribution in [0, 0.1) is 0 Å². The Bertz CT molecular complexity index is 449. The highest BCUT2D eigenvalue weighted by atomic mass is 32.2. The molecule has 0 saturated heterocycles. The molecule has 0 fully saturated rings. The van der Waals surface area contributed by atoms with Crippen molar-refractivity contribution >= 4 is 23.5 Å². The molecule has 0 unspecified atom stereocenters. The van der Waals surface area contributed by atoms with Gasteiger partial charge in [-0.25, -0.2) is 4.98 Å². The van der Waals surface area contributed by atoms with Gasteiger partial charge in [0.1, 0.15) is 5.82 Å². The Morgan fingerprint density at radius 3 is 2.67 bits per heavy atom. The van der Waals surface area contributed by atoms with E-state index in [0.29, 0.717) is 11.4 Å². The highest BCUT2D eigenvalue weighted by molar-refractivity contribution is 7.98. The normalized spacial score (nSPS) is 10.9. The second-order valence-corrected chi connectivity index (χ2v) is 6.51. The van der Waals surface area contributed by atoms with Crippen LogP contribution in [0.1, 0.15) is 61.5 Å². The van der Waals surface area contributed by atoms with Crippen molar-refractivity contribution in [3.8, 4) is 0 Å². The fourth-order valence-corrected chi connectivity index (χ4v) is 2.52. The lowest BCUT2D eigenvalue weighted by molar-refractivity contribution is 0.0952. The molecule has 1 heterocycles. The van der Waals surface area contributed by atoms with E-state index in [1.165, 1.54) is 18.6 Å². The average molecular weight is 309 g/mol. The smallest absolute Gasteiger partial charge is 0.251 e. The number of hydrogen-bond acceptors (Lipinski definition) is 4. The first-order valence-corrected chi connectivity index (χ1v) is 8.98. The van der Waals surface area contributed by atoms with Gasteiger partial charge in [0.25, 0.3) is 5.91 Å². The second kappa shape index (κ2) is 9.66. The highest BCUT2D eigenvalue weighted by Crippen LogP contribution is 2.16. The van der Waals surface area contributed by atoms with Crippen molar-refractivity contribution < 1.29 is 4.79 Å². The van der Waals surface area contributed by atoms with E-state index in [-0.39, 0.29) is 11.8 Å². The van der Waals surface area contributed by atoms with Gasteiger partial charge in [-0.1, -0.05) is 26.7 Å². The van der Waals surface area contributed by atoms with E-state index in [2.05, 4.69) is 16.6 Å². The molecular weight excluding hydrogens is 282 g/mol. The maximum Gasteiger partial charge on any atom is 0.251 e. The van der Waals surface area contributed by atoms with Gasteiger partial charge in [0.2, 0.25) is 0 Å². The number of unbranched alkanes of at least 4 members (excludes halogenated alkanes) is 3. The summed E-state index contributed by atoms with van der Waals surface area (Å²) in [6.45, 7) is 4.80. The van der Waals surface area contributed by atoms with Gasteiger partial charge in [-0.2, -0.15) is 11.8 Å². The van der Waals surface area contributed by atoms with E-state index in [1.807, 2.05) is 31.7 Å². The van der Waals surface area contributed by atoms with Gasteiger partial charge in [0.15, 0.2) is 0 Å². The lowest BCUT2D eigenvalue weighted by Gasteiger charge is -2.10. The molecule has 0 spiro atoms. The van der Waals surface area contributed by atoms with Crippen LogP contribution in [-0.2, 0) is 0 Å². The summed E-state index contributed by atoms with van der Waals surface area (Å²) in [7, 11) is 0. The quantitative estimate of drug-likeness (QED) is 0.686. The minimum atomic E-state index is -0.0601. The van der Waals surface area contributed by atoms with Crippen molar-refractivity contribution in [1.29, 1.82) is 0 Å². The first kappa shape index (κ1) is 17.8. The molecule has 1 aromatic rings. The van der Waals surface area contributed by atoms with Crippen molar-refractivity contribution in [2.45, 2.75) is 45.4 Å². The van der Waals surface area contributed by atoms with Gasteiger partial charge >= 0.3 is 0 Å². The standard InChI is InChI=1S/C16H27N3OS/c1-12(2)14-10-13(11-15(17)19-14)16(20)18-8-6-4-5-7-9-21-3/h10-12H,4-9H2,1-3H3,(H2,17,19)(H,18,20). The molecule has 0 aliphatic rings. The number of nitrogen functional groups attached to an aromatic ring is 1. The monoisotopic (exact) mass is 309 g/mol. The van der Waals surface area contributed by atoms with Crippen LogP contribution >= 0.6 is 11.8 Å². The number of nitrogens with one attached hydrogen (secondary N) is 1. The van der Waals surface area contributed by atoms with E-state index >= 15 is 0 Å². The Kier molecular flexibility index (Phi) is 8.20. The average Bonchev–Trinajstić information content (AvgIpc) is 2.45. The number of anilines is 1. The molecule has 1 amide bonds. The molecule has 5 heteroatoms. The number of amides is 1. The van der Waals surface area contributed by atoms with Crippen LogP contribution in [0.15, 0.2) is 12.1 Å². The summed E-state index contributed by atoms with van der Waals surface area (Å²) in [6.07, 6.45) is 6.81. The summed E-state index contributed by atoms with van der Waals surface area (Å²) in [4.78, 5) is 16.4. The van der Waals surface area contributed by atoms with Gasteiger partial charge < -0.3 is 11.1 Å². The zero-order valence-corrected chi connectivity index (χ0v) is 14.1. The Morgan fingerprint density at radius 1 is 1.29 bits per heavy atom. The zero-order valence-electron chi connectivity index (χ0n) is 13.3. The van der Waals surface area contributed by atoms with Gasteiger partial charge in [0.05, 0.1) is 0 Å². The number of rotatable bonds is 9. The van der Waals surface area contributed by atoms with Crippen LogP contribution in [0.2, 0.25) is 0 Å². The van der Waals surface area contributed by atoms with Crippen LogP contribution in [0.5, 0.6) is 0 Å². The van der Waals surface area contributed by atoms with Gasteiger partial charge in [-0.15, -0.1) is 0 Å². The van der Waals surface area contributed by atoms with Crippen LogP contribution < -0.4 is 11.1 Å². The first-order chi connectivity index (χ1) is 10.0. The molecule has 0 aliphatic heterocycles. The van der Waals surface area contributed by atoms with Crippen molar-refractivity contribution in [2.75, 3.05) is 24.3 Å². The molecule has 0 aliphatic carbocycles. The first-order valence-electron chi connectivity index (χ1n) is 7.59. The molecule has 4 nitrogen and oxygen atoms in total. The lowest BCUT2D eigenvalue weighted by Crippen LogP contribution is -2.25. The fraction of sp³-hybridized carbons (Fsp3) is 0.625. The largest absolute Gasteiger partial charge is 0.384 e. The minimum Gasteiger partial charge on any atom is -0.384 e. The molecule has 0 saturated carbocycles. The van der Waals surface area contributed by atoms with E-state index in [0.717, 1.165) is 25.1 Å². The number of hydrogen-bond donors (Lipinski definition) is 2. The maximum atomic E-state index is 12.1. The van der Waals surface area contributed by atoms with Gasteiger partial charge in [-0.3, -0.25) is 4.79 Å². The van der Waals surface area contributed by atoms with Crippen molar-refractivity contribution in [2.24, 2.45) is 0 Å². The molecular formula is C16H27N3OS. The summed E-state index contributed by atoms with van der Waals surface area (Å²) < 4.78 is 0. The second-order valence-electron chi connectivity index (χ2n) is 5.52. The molecule has 118 valence electrons.